The zero-order chi connectivity index (χ0) is 17.4. The second-order valence-electron chi connectivity index (χ2n) is 6.87. The lowest BCUT2D eigenvalue weighted by atomic mass is 9.95. The van der Waals surface area contributed by atoms with Crippen molar-refractivity contribution in [2.45, 2.75) is 31.2 Å². The van der Waals surface area contributed by atoms with Crippen LogP contribution in [0, 0.1) is 11.6 Å². The van der Waals surface area contributed by atoms with Crippen LogP contribution in [0.15, 0.2) is 48.5 Å². The van der Waals surface area contributed by atoms with Crippen molar-refractivity contribution in [1.82, 2.24) is 10.2 Å². The molecule has 2 aliphatic rings. The van der Waals surface area contributed by atoms with Gasteiger partial charge in [-0.25, -0.2) is 8.78 Å². The molecule has 2 heterocycles. The van der Waals surface area contributed by atoms with Crippen LogP contribution in [0.1, 0.15) is 24.1 Å². The predicted molar refractivity (Wildman–Crippen MR) is 92.3 cm³/mol. The van der Waals surface area contributed by atoms with Crippen molar-refractivity contribution in [2.24, 2.45) is 0 Å². The van der Waals surface area contributed by atoms with Crippen molar-refractivity contribution in [3.63, 3.8) is 0 Å². The van der Waals surface area contributed by atoms with E-state index in [0.717, 1.165) is 30.8 Å². The van der Waals surface area contributed by atoms with E-state index in [4.69, 9.17) is 4.74 Å². The second kappa shape index (κ2) is 6.83. The number of rotatable bonds is 4. The number of ether oxygens (including phenoxy) is 1. The van der Waals surface area contributed by atoms with Gasteiger partial charge in [0.2, 0.25) is 0 Å². The molecule has 0 spiro atoms. The zero-order valence-corrected chi connectivity index (χ0v) is 14.2. The van der Waals surface area contributed by atoms with Crippen molar-refractivity contribution in [3.05, 3.63) is 71.3 Å². The fourth-order valence-electron chi connectivity index (χ4n) is 3.79. The molecule has 0 radical (unpaired) electrons. The van der Waals surface area contributed by atoms with Crippen LogP contribution in [0.2, 0.25) is 0 Å². The zero-order valence-electron chi connectivity index (χ0n) is 14.2. The quantitative estimate of drug-likeness (QED) is 0.864. The molecule has 132 valence electrons. The first-order valence-corrected chi connectivity index (χ1v) is 8.75. The van der Waals surface area contributed by atoms with Gasteiger partial charge in [0.05, 0.1) is 12.1 Å². The minimum Gasteiger partial charge on any atom is -0.368 e. The summed E-state index contributed by atoms with van der Waals surface area (Å²) in [6, 6.07) is 13.5. The third-order valence-corrected chi connectivity index (χ3v) is 5.13. The van der Waals surface area contributed by atoms with Gasteiger partial charge in [0.1, 0.15) is 17.7 Å². The molecule has 0 saturated carbocycles. The Kier molecular flexibility index (Phi) is 4.54. The standard InChI is InChI=1S/C20H22F2N2O/c1-13-20(25-13)18-12-24(11-10-23-18)19(14-2-6-16(21)7-3-14)15-4-8-17(22)9-5-15/h2-9,13,18-20,23H,10-12H2,1H3/t13?,18-,20?/m1/s1. The smallest absolute Gasteiger partial charge is 0.123 e. The van der Waals surface area contributed by atoms with Crippen molar-refractivity contribution in [3.8, 4) is 0 Å². The number of hydrogen-bond donors (Lipinski definition) is 1. The van der Waals surface area contributed by atoms with E-state index in [9.17, 15) is 8.78 Å². The molecule has 3 atom stereocenters. The van der Waals surface area contributed by atoms with Crippen LogP contribution < -0.4 is 5.32 Å². The fraction of sp³-hybridized carbons (Fsp3) is 0.400. The Morgan fingerprint density at radius 1 is 1.00 bits per heavy atom. The van der Waals surface area contributed by atoms with E-state index in [1.54, 1.807) is 0 Å². The Bertz CT molecular complexity index is 674. The average Bonchev–Trinajstić information content (AvgIpc) is 3.36. The molecule has 2 fully saturated rings. The van der Waals surface area contributed by atoms with Gasteiger partial charge in [0.15, 0.2) is 0 Å². The van der Waals surface area contributed by atoms with Gasteiger partial charge < -0.3 is 10.1 Å². The van der Waals surface area contributed by atoms with E-state index in [0.29, 0.717) is 6.10 Å². The number of epoxide rings is 1. The van der Waals surface area contributed by atoms with Crippen molar-refractivity contribution < 1.29 is 13.5 Å². The maximum atomic E-state index is 13.4. The summed E-state index contributed by atoms with van der Waals surface area (Å²) in [7, 11) is 0. The van der Waals surface area contributed by atoms with E-state index in [-0.39, 0.29) is 29.8 Å². The number of halogens is 2. The van der Waals surface area contributed by atoms with Gasteiger partial charge in [-0.3, -0.25) is 4.90 Å². The summed E-state index contributed by atoms with van der Waals surface area (Å²) < 4.78 is 32.4. The summed E-state index contributed by atoms with van der Waals surface area (Å²) in [6.45, 7) is 4.67. The van der Waals surface area contributed by atoms with Gasteiger partial charge in [-0.15, -0.1) is 0 Å². The SMILES string of the molecule is CC1OC1[C@H]1CN(C(c2ccc(F)cc2)c2ccc(F)cc2)CCN1. The highest BCUT2D eigenvalue weighted by Crippen LogP contribution is 2.33. The minimum atomic E-state index is -0.250. The third kappa shape index (κ3) is 3.59. The highest BCUT2D eigenvalue weighted by Gasteiger charge is 2.43. The number of piperazine rings is 1. The molecule has 2 unspecified atom stereocenters. The molecule has 2 aromatic rings. The first-order valence-electron chi connectivity index (χ1n) is 8.75. The van der Waals surface area contributed by atoms with Gasteiger partial charge in [0.25, 0.3) is 0 Å². The molecule has 1 N–H and O–H groups in total. The Hall–Kier alpha value is -1.82. The Labute approximate surface area is 146 Å². The van der Waals surface area contributed by atoms with Gasteiger partial charge in [-0.2, -0.15) is 0 Å². The molecule has 25 heavy (non-hydrogen) atoms. The number of nitrogens with one attached hydrogen (secondary N) is 1. The van der Waals surface area contributed by atoms with E-state index < -0.39 is 0 Å². The molecule has 2 saturated heterocycles. The summed E-state index contributed by atoms with van der Waals surface area (Å²) in [5.41, 5.74) is 2.02. The van der Waals surface area contributed by atoms with Crippen LogP contribution in [0.25, 0.3) is 0 Å². The average molecular weight is 344 g/mol. The highest BCUT2D eigenvalue weighted by atomic mass is 19.1. The second-order valence-corrected chi connectivity index (χ2v) is 6.87. The van der Waals surface area contributed by atoms with Crippen molar-refractivity contribution in [2.75, 3.05) is 19.6 Å². The molecular formula is C20H22F2N2O. The molecule has 0 amide bonds. The Morgan fingerprint density at radius 2 is 1.52 bits per heavy atom. The lowest BCUT2D eigenvalue weighted by Crippen LogP contribution is -2.54. The largest absolute Gasteiger partial charge is 0.368 e. The summed E-state index contributed by atoms with van der Waals surface area (Å²) in [5, 5.41) is 3.53. The Balaban J connectivity index is 1.64. The van der Waals surface area contributed by atoms with Gasteiger partial charge >= 0.3 is 0 Å². The highest BCUT2D eigenvalue weighted by molar-refractivity contribution is 5.32. The molecule has 4 rings (SSSR count). The fourth-order valence-corrected chi connectivity index (χ4v) is 3.79. The van der Waals surface area contributed by atoms with Crippen molar-refractivity contribution in [1.29, 1.82) is 0 Å². The van der Waals surface area contributed by atoms with Crippen LogP contribution in [-0.2, 0) is 4.74 Å². The number of nitrogens with zero attached hydrogens (tertiary/aromatic N) is 1. The lowest BCUT2D eigenvalue weighted by molar-refractivity contribution is 0.148. The van der Waals surface area contributed by atoms with Gasteiger partial charge in [-0.1, -0.05) is 24.3 Å². The maximum Gasteiger partial charge on any atom is 0.123 e. The summed E-state index contributed by atoms with van der Waals surface area (Å²) in [6.07, 6.45) is 0.553. The molecule has 0 aromatic heterocycles. The normalized spacial score (nSPS) is 26.8. The van der Waals surface area contributed by atoms with E-state index in [2.05, 4.69) is 17.1 Å². The third-order valence-electron chi connectivity index (χ3n) is 5.13. The molecule has 5 heteroatoms. The summed E-state index contributed by atoms with van der Waals surface area (Å²) >= 11 is 0. The topological polar surface area (TPSA) is 27.8 Å². The van der Waals surface area contributed by atoms with Gasteiger partial charge in [0, 0.05) is 25.7 Å². The summed E-state index contributed by atoms with van der Waals surface area (Å²) in [4.78, 5) is 2.37. The Morgan fingerprint density at radius 3 is 2.00 bits per heavy atom. The monoisotopic (exact) mass is 344 g/mol. The molecular weight excluding hydrogens is 322 g/mol. The summed E-state index contributed by atoms with van der Waals surface area (Å²) in [5.74, 6) is -0.500. The van der Waals surface area contributed by atoms with Crippen molar-refractivity contribution >= 4 is 0 Å². The maximum absolute atomic E-state index is 13.4. The van der Waals surface area contributed by atoms with Gasteiger partial charge in [-0.05, 0) is 42.3 Å². The van der Waals surface area contributed by atoms with E-state index in [1.807, 2.05) is 24.3 Å². The van der Waals surface area contributed by atoms with Crippen LogP contribution in [-0.4, -0.2) is 42.8 Å². The first kappa shape index (κ1) is 16.6. The van der Waals surface area contributed by atoms with Crippen LogP contribution in [0.5, 0.6) is 0 Å². The predicted octanol–water partition coefficient (Wildman–Crippen LogP) is 3.12. The molecule has 3 nitrogen and oxygen atoms in total. The van der Waals surface area contributed by atoms with E-state index >= 15 is 0 Å². The first-order chi connectivity index (χ1) is 12.1. The van der Waals surface area contributed by atoms with E-state index in [1.165, 1.54) is 24.3 Å². The van der Waals surface area contributed by atoms with Crippen LogP contribution in [0.3, 0.4) is 0 Å². The van der Waals surface area contributed by atoms with Crippen LogP contribution >= 0.6 is 0 Å². The molecule has 2 aromatic carbocycles. The lowest BCUT2D eigenvalue weighted by Gasteiger charge is -2.39. The molecule has 0 aliphatic carbocycles. The minimum absolute atomic E-state index is 0.0279. The molecule has 0 bridgehead atoms. The van der Waals surface area contributed by atoms with Crippen LogP contribution in [0.4, 0.5) is 8.78 Å². The molecule has 2 aliphatic heterocycles. The number of benzene rings is 2. The number of hydrogen-bond acceptors (Lipinski definition) is 3.